The van der Waals surface area contributed by atoms with Gasteiger partial charge in [-0.2, -0.15) is 0 Å². The zero-order valence-corrected chi connectivity index (χ0v) is 7.38. The van der Waals surface area contributed by atoms with Crippen molar-refractivity contribution in [3.63, 3.8) is 0 Å². The molecular formula is C11H16. The first-order chi connectivity index (χ1) is 5.26. The van der Waals surface area contributed by atoms with Crippen LogP contribution in [0, 0.1) is 17.3 Å². The molecule has 2 atom stereocenters. The number of hydrogen-bond donors (Lipinski definition) is 0. The van der Waals surface area contributed by atoms with E-state index in [4.69, 9.17) is 0 Å². The Kier molecular flexibility index (Phi) is 1.45. The van der Waals surface area contributed by atoms with Gasteiger partial charge in [-0.1, -0.05) is 38.2 Å². The van der Waals surface area contributed by atoms with Crippen LogP contribution in [0.4, 0.5) is 0 Å². The van der Waals surface area contributed by atoms with Crippen molar-refractivity contribution < 1.29 is 0 Å². The van der Waals surface area contributed by atoms with Gasteiger partial charge in [0.25, 0.3) is 0 Å². The highest BCUT2D eigenvalue weighted by atomic mass is 14.5. The molecule has 2 rings (SSSR count). The molecular weight excluding hydrogens is 132 g/mol. The summed E-state index contributed by atoms with van der Waals surface area (Å²) < 4.78 is 0. The van der Waals surface area contributed by atoms with Crippen molar-refractivity contribution in [2.75, 3.05) is 0 Å². The Balaban J connectivity index is 2.34. The fraction of sp³-hybridized carbons (Fsp3) is 0.636. The summed E-state index contributed by atoms with van der Waals surface area (Å²) in [5, 5.41) is 0. The highest BCUT2D eigenvalue weighted by Gasteiger charge is 2.42. The Bertz CT molecular complexity index is 186. The molecule has 2 unspecified atom stereocenters. The van der Waals surface area contributed by atoms with Gasteiger partial charge in [-0.15, -0.1) is 0 Å². The standard InChI is InChI=1S/C11H16/c1-9-5-6-10(2)11(9)7-3-4-8-11/h3-4,7-10H,5-6H2,1-2H3. The van der Waals surface area contributed by atoms with Crippen LogP contribution in [0.15, 0.2) is 24.3 Å². The fourth-order valence-corrected chi connectivity index (χ4v) is 2.64. The van der Waals surface area contributed by atoms with Gasteiger partial charge in [0.2, 0.25) is 0 Å². The number of hydrogen-bond acceptors (Lipinski definition) is 0. The minimum Gasteiger partial charge on any atom is -0.0740 e. The second kappa shape index (κ2) is 2.23. The van der Waals surface area contributed by atoms with Crippen molar-refractivity contribution in [2.24, 2.45) is 17.3 Å². The largest absolute Gasteiger partial charge is 0.0740 e. The van der Waals surface area contributed by atoms with Crippen LogP contribution in [0.25, 0.3) is 0 Å². The Hall–Kier alpha value is -0.520. The van der Waals surface area contributed by atoms with Crippen molar-refractivity contribution in [3.8, 4) is 0 Å². The SMILES string of the molecule is CC1CCC(C)C12C=CC=C2. The van der Waals surface area contributed by atoms with Gasteiger partial charge < -0.3 is 0 Å². The van der Waals surface area contributed by atoms with Crippen LogP contribution in [-0.4, -0.2) is 0 Å². The Morgan fingerprint density at radius 2 is 1.45 bits per heavy atom. The van der Waals surface area contributed by atoms with Gasteiger partial charge in [0.05, 0.1) is 0 Å². The van der Waals surface area contributed by atoms with Crippen LogP contribution in [0.2, 0.25) is 0 Å². The second-order valence-electron chi connectivity index (χ2n) is 4.10. The van der Waals surface area contributed by atoms with Crippen LogP contribution in [0.3, 0.4) is 0 Å². The average Bonchev–Trinajstić information content (AvgIpc) is 2.56. The Labute approximate surface area is 69.0 Å². The first-order valence-corrected chi connectivity index (χ1v) is 4.63. The molecule has 2 aliphatic rings. The lowest BCUT2D eigenvalue weighted by Gasteiger charge is -2.29. The summed E-state index contributed by atoms with van der Waals surface area (Å²) >= 11 is 0. The summed E-state index contributed by atoms with van der Waals surface area (Å²) in [6, 6.07) is 0. The maximum absolute atomic E-state index is 2.40. The third kappa shape index (κ3) is 0.817. The summed E-state index contributed by atoms with van der Waals surface area (Å²) in [6.45, 7) is 4.76. The third-order valence-corrected chi connectivity index (χ3v) is 3.62. The van der Waals surface area contributed by atoms with Gasteiger partial charge in [-0.25, -0.2) is 0 Å². The van der Waals surface area contributed by atoms with Crippen molar-refractivity contribution >= 4 is 0 Å². The fourth-order valence-electron chi connectivity index (χ4n) is 2.64. The first kappa shape index (κ1) is 7.15. The van der Waals surface area contributed by atoms with Crippen molar-refractivity contribution in [3.05, 3.63) is 24.3 Å². The summed E-state index contributed by atoms with van der Waals surface area (Å²) in [7, 11) is 0. The highest BCUT2D eigenvalue weighted by molar-refractivity contribution is 5.28. The van der Waals surface area contributed by atoms with E-state index < -0.39 is 0 Å². The monoisotopic (exact) mass is 148 g/mol. The summed E-state index contributed by atoms with van der Waals surface area (Å²) in [5.41, 5.74) is 0.444. The van der Waals surface area contributed by atoms with E-state index in [1.165, 1.54) is 12.8 Å². The molecule has 11 heavy (non-hydrogen) atoms. The normalized spacial score (nSPS) is 39.1. The van der Waals surface area contributed by atoms with E-state index in [1.54, 1.807) is 0 Å². The molecule has 1 saturated carbocycles. The lowest BCUT2D eigenvalue weighted by atomic mass is 9.75. The van der Waals surface area contributed by atoms with Crippen LogP contribution in [0.1, 0.15) is 26.7 Å². The van der Waals surface area contributed by atoms with Gasteiger partial charge in [0, 0.05) is 5.41 Å². The molecule has 0 radical (unpaired) electrons. The van der Waals surface area contributed by atoms with Gasteiger partial charge in [0.1, 0.15) is 0 Å². The molecule has 0 N–H and O–H groups in total. The molecule has 1 fully saturated rings. The van der Waals surface area contributed by atoms with Crippen LogP contribution in [0.5, 0.6) is 0 Å². The smallest absolute Gasteiger partial charge is 0.0118 e. The molecule has 0 heterocycles. The van der Waals surface area contributed by atoms with Crippen LogP contribution in [-0.2, 0) is 0 Å². The predicted octanol–water partition coefficient (Wildman–Crippen LogP) is 3.16. The molecule has 0 aliphatic heterocycles. The molecule has 0 bridgehead atoms. The van der Waals surface area contributed by atoms with E-state index in [-0.39, 0.29) is 0 Å². The zero-order chi connectivity index (χ0) is 7.90. The topological polar surface area (TPSA) is 0 Å². The minimum absolute atomic E-state index is 0.444. The van der Waals surface area contributed by atoms with Crippen molar-refractivity contribution in [1.29, 1.82) is 0 Å². The molecule has 0 saturated heterocycles. The highest BCUT2D eigenvalue weighted by Crippen LogP contribution is 2.51. The molecule has 1 spiro atoms. The van der Waals surface area contributed by atoms with E-state index in [0.717, 1.165) is 11.8 Å². The molecule has 0 aromatic carbocycles. The van der Waals surface area contributed by atoms with E-state index in [1.807, 2.05) is 0 Å². The molecule has 2 aliphatic carbocycles. The lowest BCUT2D eigenvalue weighted by molar-refractivity contribution is 0.310. The second-order valence-corrected chi connectivity index (χ2v) is 4.10. The molecule has 0 aromatic rings. The lowest BCUT2D eigenvalue weighted by Crippen LogP contribution is -2.22. The first-order valence-electron chi connectivity index (χ1n) is 4.63. The third-order valence-electron chi connectivity index (χ3n) is 3.62. The predicted molar refractivity (Wildman–Crippen MR) is 48.3 cm³/mol. The summed E-state index contributed by atoms with van der Waals surface area (Å²) in [4.78, 5) is 0. The molecule has 60 valence electrons. The average molecular weight is 148 g/mol. The van der Waals surface area contributed by atoms with Gasteiger partial charge in [-0.3, -0.25) is 0 Å². The van der Waals surface area contributed by atoms with Crippen LogP contribution < -0.4 is 0 Å². The molecule has 0 nitrogen and oxygen atoms in total. The van der Waals surface area contributed by atoms with E-state index in [2.05, 4.69) is 38.2 Å². The van der Waals surface area contributed by atoms with E-state index >= 15 is 0 Å². The van der Waals surface area contributed by atoms with Crippen molar-refractivity contribution in [1.82, 2.24) is 0 Å². The van der Waals surface area contributed by atoms with Crippen molar-refractivity contribution in [2.45, 2.75) is 26.7 Å². The maximum atomic E-state index is 2.40. The maximum Gasteiger partial charge on any atom is 0.0118 e. The molecule has 0 heteroatoms. The van der Waals surface area contributed by atoms with E-state index in [9.17, 15) is 0 Å². The number of allylic oxidation sites excluding steroid dienone is 4. The molecule has 0 aromatic heterocycles. The van der Waals surface area contributed by atoms with Gasteiger partial charge in [-0.05, 0) is 24.7 Å². The van der Waals surface area contributed by atoms with Gasteiger partial charge >= 0.3 is 0 Å². The summed E-state index contributed by atoms with van der Waals surface area (Å²) in [5.74, 6) is 1.71. The quantitative estimate of drug-likeness (QED) is 0.495. The van der Waals surface area contributed by atoms with Gasteiger partial charge in [0.15, 0.2) is 0 Å². The van der Waals surface area contributed by atoms with Crippen LogP contribution >= 0.6 is 0 Å². The number of rotatable bonds is 0. The Morgan fingerprint density at radius 1 is 1.00 bits per heavy atom. The molecule has 0 amide bonds. The van der Waals surface area contributed by atoms with E-state index in [0.29, 0.717) is 5.41 Å². The minimum atomic E-state index is 0.444. The summed E-state index contributed by atoms with van der Waals surface area (Å²) in [6.07, 6.45) is 12.0. The Morgan fingerprint density at radius 3 is 1.91 bits per heavy atom. The zero-order valence-electron chi connectivity index (χ0n) is 7.38.